The number of amides is 1. The van der Waals surface area contributed by atoms with Gasteiger partial charge in [-0.25, -0.2) is 0 Å². The van der Waals surface area contributed by atoms with Crippen LogP contribution in [0.1, 0.15) is 35.8 Å². The molecule has 0 unspecified atom stereocenters. The molecule has 1 aliphatic rings. The van der Waals surface area contributed by atoms with Crippen molar-refractivity contribution in [1.82, 2.24) is 9.88 Å². The summed E-state index contributed by atoms with van der Waals surface area (Å²) in [4.78, 5) is 19.0. The molecule has 25 heavy (non-hydrogen) atoms. The number of pyridine rings is 1. The zero-order valence-electron chi connectivity index (χ0n) is 14.6. The second-order valence-corrected chi connectivity index (χ2v) is 6.56. The summed E-state index contributed by atoms with van der Waals surface area (Å²) in [6.07, 6.45) is 3.91. The highest BCUT2D eigenvalue weighted by molar-refractivity contribution is 5.94. The number of hydrogen-bond acceptors (Lipinski definition) is 4. The molecule has 0 bridgehead atoms. The number of rotatable bonds is 5. The van der Waals surface area contributed by atoms with E-state index in [2.05, 4.69) is 11.9 Å². The molecule has 1 saturated heterocycles. The lowest BCUT2D eigenvalue weighted by Crippen LogP contribution is -2.51. The van der Waals surface area contributed by atoms with Gasteiger partial charge in [-0.15, -0.1) is 0 Å². The lowest BCUT2D eigenvalue weighted by atomic mass is 9.90. The third-order valence-electron chi connectivity index (χ3n) is 4.83. The molecule has 2 heterocycles. The molecule has 1 amide bonds. The van der Waals surface area contributed by atoms with Crippen LogP contribution >= 0.6 is 0 Å². The Kier molecular flexibility index (Phi) is 5.66. The van der Waals surface area contributed by atoms with E-state index in [0.29, 0.717) is 24.6 Å². The number of piperidine rings is 1. The van der Waals surface area contributed by atoms with Gasteiger partial charge in [-0.2, -0.15) is 0 Å². The first-order valence-electron chi connectivity index (χ1n) is 8.83. The fraction of sp³-hybridized carbons (Fsp3) is 0.400. The highest BCUT2D eigenvalue weighted by Gasteiger charge is 2.31. The standard InChI is InChI=1S/C20H25N3O2/c1-15-5-4-12-23(19(15)13-21)20(24)16-7-9-18(10-8-16)25-14-17-6-2-3-11-22-17/h2-3,6-11,15,19H,4-5,12-14,21H2,1H3/t15-,19-/m0/s1. The summed E-state index contributed by atoms with van der Waals surface area (Å²) < 4.78 is 5.72. The van der Waals surface area contributed by atoms with Crippen molar-refractivity contribution in [3.63, 3.8) is 0 Å². The van der Waals surface area contributed by atoms with Gasteiger partial charge < -0.3 is 15.4 Å². The number of aromatic nitrogens is 1. The minimum absolute atomic E-state index is 0.0540. The molecular weight excluding hydrogens is 314 g/mol. The molecule has 0 spiro atoms. The van der Waals surface area contributed by atoms with Crippen LogP contribution in [0, 0.1) is 5.92 Å². The minimum atomic E-state index is 0.0540. The van der Waals surface area contributed by atoms with Gasteiger partial charge in [0.2, 0.25) is 0 Å². The summed E-state index contributed by atoms with van der Waals surface area (Å²) in [5.41, 5.74) is 7.45. The summed E-state index contributed by atoms with van der Waals surface area (Å²) in [7, 11) is 0. The SMILES string of the molecule is C[C@H]1CCCN(C(=O)c2ccc(OCc3ccccn3)cc2)[C@H]1CN. The number of benzene rings is 1. The van der Waals surface area contributed by atoms with Crippen LogP contribution in [0.25, 0.3) is 0 Å². The molecule has 2 atom stereocenters. The Morgan fingerprint density at radius 3 is 2.76 bits per heavy atom. The van der Waals surface area contributed by atoms with Crippen LogP contribution in [0.4, 0.5) is 0 Å². The van der Waals surface area contributed by atoms with Crippen molar-refractivity contribution in [3.05, 3.63) is 59.9 Å². The summed E-state index contributed by atoms with van der Waals surface area (Å²) in [5, 5.41) is 0. The largest absolute Gasteiger partial charge is 0.487 e. The van der Waals surface area contributed by atoms with E-state index in [1.807, 2.05) is 47.4 Å². The third kappa shape index (κ3) is 4.17. The van der Waals surface area contributed by atoms with Crippen LogP contribution in [-0.4, -0.2) is 34.9 Å². The molecule has 1 aromatic heterocycles. The molecule has 0 aliphatic carbocycles. The topological polar surface area (TPSA) is 68.5 Å². The zero-order chi connectivity index (χ0) is 17.6. The lowest BCUT2D eigenvalue weighted by molar-refractivity contribution is 0.0532. The van der Waals surface area contributed by atoms with E-state index in [0.717, 1.165) is 30.8 Å². The van der Waals surface area contributed by atoms with Crippen molar-refractivity contribution in [2.75, 3.05) is 13.1 Å². The molecule has 1 aromatic carbocycles. The Morgan fingerprint density at radius 2 is 2.08 bits per heavy atom. The molecule has 1 fully saturated rings. The van der Waals surface area contributed by atoms with E-state index in [4.69, 9.17) is 10.5 Å². The van der Waals surface area contributed by atoms with Gasteiger partial charge in [0.05, 0.1) is 5.69 Å². The van der Waals surface area contributed by atoms with Gasteiger partial charge in [0, 0.05) is 30.9 Å². The van der Waals surface area contributed by atoms with Gasteiger partial charge in [-0.3, -0.25) is 9.78 Å². The van der Waals surface area contributed by atoms with Crippen molar-refractivity contribution >= 4 is 5.91 Å². The summed E-state index contributed by atoms with van der Waals surface area (Å²) >= 11 is 0. The molecule has 0 radical (unpaired) electrons. The normalized spacial score (nSPS) is 20.3. The summed E-state index contributed by atoms with van der Waals surface area (Å²) in [6.45, 7) is 3.87. The Bertz CT molecular complexity index is 688. The van der Waals surface area contributed by atoms with Crippen molar-refractivity contribution in [2.45, 2.75) is 32.4 Å². The minimum Gasteiger partial charge on any atom is -0.487 e. The van der Waals surface area contributed by atoms with Crippen LogP contribution < -0.4 is 10.5 Å². The molecule has 5 heteroatoms. The van der Waals surface area contributed by atoms with Gasteiger partial charge in [0.15, 0.2) is 0 Å². The lowest BCUT2D eigenvalue weighted by Gasteiger charge is -2.39. The fourth-order valence-corrected chi connectivity index (χ4v) is 3.36. The van der Waals surface area contributed by atoms with E-state index < -0.39 is 0 Å². The number of nitrogens with zero attached hydrogens (tertiary/aromatic N) is 2. The van der Waals surface area contributed by atoms with Crippen LogP contribution in [0.3, 0.4) is 0 Å². The maximum Gasteiger partial charge on any atom is 0.254 e. The quantitative estimate of drug-likeness (QED) is 0.909. The van der Waals surface area contributed by atoms with E-state index in [-0.39, 0.29) is 11.9 Å². The van der Waals surface area contributed by atoms with Crippen LogP contribution in [-0.2, 0) is 6.61 Å². The van der Waals surface area contributed by atoms with Gasteiger partial charge in [0.1, 0.15) is 12.4 Å². The van der Waals surface area contributed by atoms with Gasteiger partial charge in [-0.05, 0) is 55.2 Å². The second kappa shape index (κ2) is 8.12. The molecule has 2 N–H and O–H groups in total. The predicted octanol–water partition coefficient (Wildman–Crippen LogP) is 2.86. The highest BCUT2D eigenvalue weighted by atomic mass is 16.5. The predicted molar refractivity (Wildman–Crippen MR) is 97.3 cm³/mol. The Hall–Kier alpha value is -2.40. The average molecular weight is 339 g/mol. The molecule has 0 saturated carbocycles. The first-order valence-corrected chi connectivity index (χ1v) is 8.83. The maximum atomic E-state index is 12.8. The molecule has 2 aromatic rings. The van der Waals surface area contributed by atoms with E-state index >= 15 is 0 Å². The number of likely N-dealkylation sites (tertiary alicyclic amines) is 1. The highest BCUT2D eigenvalue weighted by Crippen LogP contribution is 2.25. The Morgan fingerprint density at radius 1 is 1.28 bits per heavy atom. The molecule has 5 nitrogen and oxygen atoms in total. The van der Waals surface area contributed by atoms with Crippen LogP contribution in [0.5, 0.6) is 5.75 Å². The smallest absolute Gasteiger partial charge is 0.254 e. The summed E-state index contributed by atoms with van der Waals surface area (Å²) in [5.74, 6) is 1.23. The van der Waals surface area contributed by atoms with Crippen LogP contribution in [0.2, 0.25) is 0 Å². The monoisotopic (exact) mass is 339 g/mol. The average Bonchev–Trinajstić information content (AvgIpc) is 2.67. The van der Waals surface area contributed by atoms with Crippen molar-refractivity contribution < 1.29 is 9.53 Å². The van der Waals surface area contributed by atoms with Crippen molar-refractivity contribution in [3.8, 4) is 5.75 Å². The number of ether oxygens (including phenoxy) is 1. The van der Waals surface area contributed by atoms with Crippen molar-refractivity contribution in [2.24, 2.45) is 11.7 Å². The second-order valence-electron chi connectivity index (χ2n) is 6.56. The van der Waals surface area contributed by atoms with Gasteiger partial charge in [0.25, 0.3) is 5.91 Å². The van der Waals surface area contributed by atoms with E-state index in [9.17, 15) is 4.79 Å². The van der Waals surface area contributed by atoms with E-state index in [1.54, 1.807) is 6.20 Å². The third-order valence-corrected chi connectivity index (χ3v) is 4.83. The van der Waals surface area contributed by atoms with Gasteiger partial charge >= 0.3 is 0 Å². The number of carbonyl (C=O) groups is 1. The number of hydrogen-bond donors (Lipinski definition) is 1. The number of nitrogens with two attached hydrogens (primary N) is 1. The molecular formula is C20H25N3O2. The Balaban J connectivity index is 1.64. The van der Waals surface area contributed by atoms with Gasteiger partial charge in [-0.1, -0.05) is 13.0 Å². The Labute approximate surface area is 148 Å². The molecule has 132 valence electrons. The molecule has 1 aliphatic heterocycles. The van der Waals surface area contributed by atoms with Crippen molar-refractivity contribution in [1.29, 1.82) is 0 Å². The first kappa shape index (κ1) is 17.4. The first-order chi connectivity index (χ1) is 12.2. The fourth-order valence-electron chi connectivity index (χ4n) is 3.36. The van der Waals surface area contributed by atoms with E-state index in [1.165, 1.54) is 0 Å². The zero-order valence-corrected chi connectivity index (χ0v) is 14.6. The molecule has 3 rings (SSSR count). The number of carbonyl (C=O) groups excluding carboxylic acids is 1. The summed E-state index contributed by atoms with van der Waals surface area (Å²) in [6, 6.07) is 13.2. The van der Waals surface area contributed by atoms with Crippen LogP contribution in [0.15, 0.2) is 48.7 Å². The maximum absolute atomic E-state index is 12.8.